The number of methoxy groups -OCH3 is 1. The molecule has 2 heterocycles. The van der Waals surface area contributed by atoms with Crippen molar-refractivity contribution in [2.45, 2.75) is 19.4 Å². The molecule has 1 aromatic heterocycles. The number of aromatic nitrogens is 1. The zero-order valence-corrected chi connectivity index (χ0v) is 18.5. The highest BCUT2D eigenvalue weighted by molar-refractivity contribution is 7.14. The highest BCUT2D eigenvalue weighted by atomic mass is 32.1. The molecule has 8 heteroatoms. The molecule has 32 heavy (non-hydrogen) atoms. The zero-order chi connectivity index (χ0) is 22.7. The molecule has 1 atom stereocenters. The molecule has 3 aromatic rings. The molecule has 0 radical (unpaired) electrons. The summed E-state index contributed by atoms with van der Waals surface area (Å²) in [4.78, 5) is 31.6. The molecule has 164 valence electrons. The van der Waals surface area contributed by atoms with E-state index in [0.29, 0.717) is 34.4 Å². The Kier molecular flexibility index (Phi) is 6.23. The van der Waals surface area contributed by atoms with Gasteiger partial charge in [0, 0.05) is 17.1 Å². The van der Waals surface area contributed by atoms with E-state index in [1.807, 2.05) is 6.92 Å². The van der Waals surface area contributed by atoms with Gasteiger partial charge in [-0.1, -0.05) is 19.1 Å². The molecule has 1 aliphatic heterocycles. The second-order valence-electron chi connectivity index (χ2n) is 7.13. The van der Waals surface area contributed by atoms with E-state index in [9.17, 15) is 14.7 Å². The van der Waals surface area contributed by atoms with E-state index in [0.717, 1.165) is 6.42 Å². The number of nitrogens with zero attached hydrogens (tertiary/aromatic N) is 2. The van der Waals surface area contributed by atoms with E-state index < -0.39 is 17.7 Å². The number of ketones is 1. The van der Waals surface area contributed by atoms with Gasteiger partial charge in [-0.15, -0.1) is 11.3 Å². The topological polar surface area (TPSA) is 89.0 Å². The van der Waals surface area contributed by atoms with Gasteiger partial charge in [-0.3, -0.25) is 14.5 Å². The average Bonchev–Trinajstić information content (AvgIpc) is 3.44. The van der Waals surface area contributed by atoms with Crippen LogP contribution in [0.15, 0.2) is 65.7 Å². The van der Waals surface area contributed by atoms with Crippen LogP contribution in [-0.4, -0.2) is 35.5 Å². The normalized spacial score (nSPS) is 17.6. The summed E-state index contributed by atoms with van der Waals surface area (Å²) < 4.78 is 10.8. The number of Topliss-reactive ketones (excluding diaryl/α,β-unsaturated/α-hetero) is 1. The number of aliphatic hydroxyl groups excluding tert-OH is 1. The van der Waals surface area contributed by atoms with E-state index in [2.05, 4.69) is 4.98 Å². The minimum Gasteiger partial charge on any atom is -0.507 e. The van der Waals surface area contributed by atoms with Crippen LogP contribution in [0.2, 0.25) is 0 Å². The van der Waals surface area contributed by atoms with Crippen molar-refractivity contribution in [3.63, 3.8) is 0 Å². The number of aliphatic hydroxyl groups is 1. The Morgan fingerprint density at radius 1 is 1.09 bits per heavy atom. The average molecular weight is 451 g/mol. The zero-order valence-electron chi connectivity index (χ0n) is 17.6. The van der Waals surface area contributed by atoms with Crippen molar-refractivity contribution in [1.29, 1.82) is 0 Å². The van der Waals surface area contributed by atoms with Crippen molar-refractivity contribution in [3.05, 3.63) is 76.8 Å². The lowest BCUT2D eigenvalue weighted by atomic mass is 9.95. The monoisotopic (exact) mass is 450 g/mol. The molecule has 0 saturated carbocycles. The fraction of sp³-hybridized carbons (Fsp3) is 0.208. The predicted molar refractivity (Wildman–Crippen MR) is 122 cm³/mol. The van der Waals surface area contributed by atoms with Gasteiger partial charge in [0.2, 0.25) is 0 Å². The van der Waals surface area contributed by atoms with E-state index in [1.54, 1.807) is 67.2 Å². The summed E-state index contributed by atoms with van der Waals surface area (Å²) in [5, 5.41) is 13.2. The van der Waals surface area contributed by atoms with Crippen molar-refractivity contribution in [2.24, 2.45) is 0 Å². The number of hydrogen-bond acceptors (Lipinski definition) is 7. The van der Waals surface area contributed by atoms with Gasteiger partial charge < -0.3 is 14.6 Å². The predicted octanol–water partition coefficient (Wildman–Crippen LogP) is 4.57. The van der Waals surface area contributed by atoms with Gasteiger partial charge in [0.1, 0.15) is 17.3 Å². The van der Waals surface area contributed by atoms with Crippen molar-refractivity contribution in [3.8, 4) is 11.5 Å². The summed E-state index contributed by atoms with van der Waals surface area (Å²) in [6, 6.07) is 13.0. The summed E-state index contributed by atoms with van der Waals surface area (Å²) in [6.07, 6.45) is 2.45. The molecular weight excluding hydrogens is 428 g/mol. The molecule has 1 aliphatic rings. The molecule has 1 saturated heterocycles. The van der Waals surface area contributed by atoms with Crippen LogP contribution in [0.4, 0.5) is 5.13 Å². The van der Waals surface area contributed by atoms with Gasteiger partial charge in [-0.25, -0.2) is 4.98 Å². The van der Waals surface area contributed by atoms with Gasteiger partial charge in [0.05, 0.1) is 25.3 Å². The number of carbonyl (C=O) groups is 2. The Bertz CT molecular complexity index is 1140. The lowest BCUT2D eigenvalue weighted by Gasteiger charge is -2.23. The first-order chi connectivity index (χ1) is 15.5. The maximum absolute atomic E-state index is 13.1. The van der Waals surface area contributed by atoms with Gasteiger partial charge >= 0.3 is 5.91 Å². The Labute approximate surface area is 189 Å². The number of benzene rings is 2. The van der Waals surface area contributed by atoms with E-state index >= 15 is 0 Å². The number of amides is 1. The van der Waals surface area contributed by atoms with Crippen LogP contribution in [0.3, 0.4) is 0 Å². The third-order valence-electron chi connectivity index (χ3n) is 5.10. The van der Waals surface area contributed by atoms with Crippen molar-refractivity contribution in [2.75, 3.05) is 18.6 Å². The van der Waals surface area contributed by atoms with Gasteiger partial charge in [-0.2, -0.15) is 0 Å². The molecule has 1 amide bonds. The number of thiazole rings is 1. The number of ether oxygens (including phenoxy) is 2. The molecule has 1 unspecified atom stereocenters. The van der Waals surface area contributed by atoms with Crippen LogP contribution in [0.25, 0.3) is 5.76 Å². The number of rotatable bonds is 7. The largest absolute Gasteiger partial charge is 0.507 e. The van der Waals surface area contributed by atoms with Crippen LogP contribution in [0.1, 0.15) is 30.5 Å². The SMILES string of the molecule is CCCOc1ccc(C(O)=C2C(=O)C(=O)N(c3nccs3)C2c2ccc(OC)cc2)cc1. The minimum atomic E-state index is -0.817. The Morgan fingerprint density at radius 2 is 1.78 bits per heavy atom. The lowest BCUT2D eigenvalue weighted by Crippen LogP contribution is -2.29. The molecule has 0 bridgehead atoms. The van der Waals surface area contributed by atoms with Gasteiger partial charge in [0.25, 0.3) is 5.78 Å². The Balaban J connectivity index is 1.81. The summed E-state index contributed by atoms with van der Waals surface area (Å²) in [7, 11) is 1.56. The fourth-order valence-electron chi connectivity index (χ4n) is 3.55. The summed E-state index contributed by atoms with van der Waals surface area (Å²) >= 11 is 1.25. The molecular formula is C24H22N2O5S. The smallest absolute Gasteiger partial charge is 0.301 e. The third-order valence-corrected chi connectivity index (χ3v) is 5.87. The van der Waals surface area contributed by atoms with Gasteiger partial charge in [-0.05, 0) is 48.4 Å². The maximum Gasteiger partial charge on any atom is 0.301 e. The minimum absolute atomic E-state index is 0.0117. The highest BCUT2D eigenvalue weighted by Gasteiger charge is 2.47. The van der Waals surface area contributed by atoms with Crippen LogP contribution >= 0.6 is 11.3 Å². The molecule has 1 fully saturated rings. The van der Waals surface area contributed by atoms with Crippen molar-refractivity contribution in [1.82, 2.24) is 4.98 Å². The first kappa shape index (κ1) is 21.6. The maximum atomic E-state index is 13.1. The molecule has 2 aromatic carbocycles. The van der Waals surface area contributed by atoms with Crippen LogP contribution in [0.5, 0.6) is 11.5 Å². The number of anilines is 1. The van der Waals surface area contributed by atoms with Gasteiger partial charge in [0.15, 0.2) is 5.13 Å². The second kappa shape index (κ2) is 9.23. The third kappa shape index (κ3) is 3.97. The van der Waals surface area contributed by atoms with E-state index in [4.69, 9.17) is 9.47 Å². The summed E-state index contributed by atoms with van der Waals surface area (Å²) in [6.45, 7) is 2.60. The quantitative estimate of drug-likeness (QED) is 0.322. The fourth-order valence-corrected chi connectivity index (χ4v) is 4.22. The Hall–Kier alpha value is -3.65. The molecule has 0 spiro atoms. The molecule has 0 aliphatic carbocycles. The summed E-state index contributed by atoms with van der Waals surface area (Å²) in [5.41, 5.74) is 1.09. The van der Waals surface area contributed by atoms with Crippen LogP contribution < -0.4 is 14.4 Å². The lowest BCUT2D eigenvalue weighted by molar-refractivity contribution is -0.132. The summed E-state index contributed by atoms with van der Waals surface area (Å²) in [5.74, 6) is -0.429. The van der Waals surface area contributed by atoms with Crippen molar-refractivity contribution < 1.29 is 24.2 Å². The molecule has 7 nitrogen and oxygen atoms in total. The van der Waals surface area contributed by atoms with E-state index in [-0.39, 0.29) is 11.3 Å². The Morgan fingerprint density at radius 3 is 2.38 bits per heavy atom. The van der Waals surface area contributed by atoms with Crippen LogP contribution in [-0.2, 0) is 9.59 Å². The molecule has 4 rings (SSSR count). The second-order valence-corrected chi connectivity index (χ2v) is 8.00. The highest BCUT2D eigenvalue weighted by Crippen LogP contribution is 2.43. The number of hydrogen-bond donors (Lipinski definition) is 1. The first-order valence-corrected chi connectivity index (χ1v) is 11.0. The van der Waals surface area contributed by atoms with Crippen molar-refractivity contribution >= 4 is 33.9 Å². The van der Waals surface area contributed by atoms with E-state index in [1.165, 1.54) is 16.2 Å². The van der Waals surface area contributed by atoms with Crippen LogP contribution in [0, 0.1) is 0 Å². The standard InChI is InChI=1S/C24H22N2O5S/c1-3-13-31-18-10-6-16(7-11-18)21(27)19-20(15-4-8-17(30-2)9-5-15)26(23(29)22(19)28)24-25-12-14-32-24/h4-12,14,20,27H,3,13H2,1-2H3. The molecule has 1 N–H and O–H groups in total. The number of carbonyl (C=O) groups excluding carboxylic acids is 2. The first-order valence-electron chi connectivity index (χ1n) is 10.1.